The molecular formula is C136H84N12. The number of aromatic nitrogens is 12. The maximum atomic E-state index is 5.40. The highest BCUT2D eigenvalue weighted by Crippen LogP contribution is 2.47. The fourth-order valence-corrected chi connectivity index (χ4v) is 23.2. The first-order chi connectivity index (χ1) is 73.4. The van der Waals surface area contributed by atoms with Gasteiger partial charge in [0.2, 0.25) is 0 Å². The first-order valence-corrected chi connectivity index (χ1v) is 50.3. The molecule has 0 atom stereocenters. The van der Waals surface area contributed by atoms with E-state index in [9.17, 15) is 0 Å². The van der Waals surface area contributed by atoms with Crippen LogP contribution in [-0.4, -0.2) is 57.3 Å². The van der Waals surface area contributed by atoms with Gasteiger partial charge in [-0.05, 0) is 224 Å². The molecular weight excluding hydrogens is 1800 g/mol. The Labute approximate surface area is 847 Å². The summed E-state index contributed by atoms with van der Waals surface area (Å²) in [6.45, 7) is 0. The fourth-order valence-electron chi connectivity index (χ4n) is 23.2. The number of rotatable bonds is 10. The SMILES string of the molecule is c1ccc(-c2ccc(-c3nc4ccccc4nc3-n3c4ccc(-n5c6ccccc6c6ccccc65)cc4c4cc5ccccc5cc43)cc2)cc1.c1ccc(-c2nc3ccccc3nc2-n2c3ccc(-n4c5ccccc5c5ccccc54)cc3c3cc4ccccc4cc32)cc1.c1ccc2cc(-c3nc4ccccc4nc3-n3c4ccc(-n5c6ccccc6c6ccccc65)cc4c4cc5ccccc5cc43)ccc2c1. The summed E-state index contributed by atoms with van der Waals surface area (Å²) in [7, 11) is 0. The molecule has 0 spiro atoms. The Morgan fingerprint density at radius 1 is 0.115 bits per heavy atom. The maximum Gasteiger partial charge on any atom is 0.165 e. The molecule has 12 nitrogen and oxygen atoms in total. The summed E-state index contributed by atoms with van der Waals surface area (Å²) in [4.78, 5) is 32.0. The second kappa shape index (κ2) is 33.8. The van der Waals surface area contributed by atoms with Crippen molar-refractivity contribution in [1.29, 1.82) is 0 Å². The number of nitrogens with zero attached hydrogens (tertiary/aromatic N) is 12. The third-order valence-corrected chi connectivity index (χ3v) is 30.0. The van der Waals surface area contributed by atoms with Crippen LogP contribution in [0.25, 0.3) is 286 Å². The molecule has 0 saturated heterocycles. The largest absolute Gasteiger partial charge is 0.309 e. The molecule has 0 fully saturated rings. The fraction of sp³-hybridized carbons (Fsp3) is 0. The van der Waals surface area contributed by atoms with Crippen molar-refractivity contribution in [2.24, 2.45) is 0 Å². The summed E-state index contributed by atoms with van der Waals surface area (Å²) in [5.74, 6) is 2.45. The zero-order valence-electron chi connectivity index (χ0n) is 79.9. The highest BCUT2D eigenvalue weighted by atomic mass is 15.1. The Kier molecular flexibility index (Phi) is 19.1. The minimum absolute atomic E-state index is 0.811. The summed E-state index contributed by atoms with van der Waals surface area (Å²) in [5.41, 5.74) is 30.3. The highest BCUT2D eigenvalue weighted by Gasteiger charge is 2.28. The third kappa shape index (κ3) is 13.5. The van der Waals surface area contributed by atoms with Gasteiger partial charge in [0.25, 0.3) is 0 Å². The van der Waals surface area contributed by atoms with E-state index in [-0.39, 0.29) is 0 Å². The molecule has 0 radical (unpaired) electrons. The van der Waals surface area contributed by atoms with Gasteiger partial charge in [0.1, 0.15) is 17.1 Å². The highest BCUT2D eigenvalue weighted by molar-refractivity contribution is 6.20. The number of benzene rings is 23. The van der Waals surface area contributed by atoms with Crippen LogP contribution in [0.5, 0.6) is 0 Å². The zero-order chi connectivity index (χ0) is 97.1. The molecule has 0 aliphatic heterocycles. The van der Waals surface area contributed by atoms with Gasteiger partial charge in [0.15, 0.2) is 17.5 Å². The van der Waals surface area contributed by atoms with Crippen LogP contribution in [0.2, 0.25) is 0 Å². The monoisotopic (exact) mass is 1880 g/mol. The van der Waals surface area contributed by atoms with Gasteiger partial charge in [-0.25, -0.2) is 29.9 Å². The molecule has 32 rings (SSSR count). The lowest BCUT2D eigenvalue weighted by molar-refractivity contribution is 1.08. The molecule has 0 saturated carbocycles. The summed E-state index contributed by atoms with van der Waals surface area (Å²) in [6.07, 6.45) is 0. The van der Waals surface area contributed by atoms with E-state index < -0.39 is 0 Å². The lowest BCUT2D eigenvalue weighted by Crippen LogP contribution is -2.04. The minimum atomic E-state index is 0.811. The van der Waals surface area contributed by atoms with Crippen molar-refractivity contribution < 1.29 is 0 Å². The van der Waals surface area contributed by atoms with E-state index in [0.717, 1.165) is 134 Å². The number of hydrogen-bond donors (Lipinski definition) is 0. The normalized spacial score (nSPS) is 11.9. The molecule has 9 heterocycles. The predicted octanol–water partition coefficient (Wildman–Crippen LogP) is 34.8. The molecule has 12 heteroatoms. The second-order valence-electron chi connectivity index (χ2n) is 38.4. The van der Waals surface area contributed by atoms with Crippen molar-refractivity contribution >= 4 is 207 Å². The van der Waals surface area contributed by atoms with Crippen LogP contribution >= 0.6 is 0 Å². The van der Waals surface area contributed by atoms with E-state index in [1.165, 1.54) is 152 Å². The molecule has 688 valence electrons. The van der Waals surface area contributed by atoms with Crippen molar-refractivity contribution in [3.05, 3.63) is 510 Å². The van der Waals surface area contributed by atoms with Gasteiger partial charge >= 0.3 is 0 Å². The Morgan fingerprint density at radius 2 is 0.331 bits per heavy atom. The van der Waals surface area contributed by atoms with Crippen LogP contribution < -0.4 is 0 Å². The lowest BCUT2D eigenvalue weighted by Gasteiger charge is -2.15. The molecule has 0 unspecified atom stereocenters. The van der Waals surface area contributed by atoms with E-state index in [0.29, 0.717) is 0 Å². The van der Waals surface area contributed by atoms with Crippen LogP contribution in [0.4, 0.5) is 0 Å². The van der Waals surface area contributed by atoms with Crippen molar-refractivity contribution in [2.45, 2.75) is 0 Å². The van der Waals surface area contributed by atoms with E-state index in [1.807, 2.05) is 66.7 Å². The van der Waals surface area contributed by atoms with Gasteiger partial charge < -0.3 is 13.7 Å². The third-order valence-electron chi connectivity index (χ3n) is 30.0. The van der Waals surface area contributed by atoms with E-state index in [2.05, 4.69) is 470 Å². The van der Waals surface area contributed by atoms with Crippen LogP contribution in [0, 0.1) is 0 Å². The Balaban J connectivity index is 0.000000103. The van der Waals surface area contributed by atoms with Gasteiger partial charge in [-0.3, -0.25) is 13.7 Å². The Hall–Kier alpha value is -20.1. The van der Waals surface area contributed by atoms with Gasteiger partial charge in [-0.2, -0.15) is 0 Å². The van der Waals surface area contributed by atoms with Crippen LogP contribution in [-0.2, 0) is 0 Å². The average Bonchev–Trinajstić information content (AvgIpc) is 1.56. The van der Waals surface area contributed by atoms with Crippen molar-refractivity contribution in [1.82, 2.24) is 57.3 Å². The van der Waals surface area contributed by atoms with Gasteiger partial charge in [0.05, 0.1) is 99.3 Å². The predicted molar refractivity (Wildman–Crippen MR) is 616 cm³/mol. The lowest BCUT2D eigenvalue weighted by atomic mass is 10.0. The van der Waals surface area contributed by atoms with Gasteiger partial charge in [-0.15, -0.1) is 0 Å². The van der Waals surface area contributed by atoms with E-state index in [1.54, 1.807) is 0 Å². The molecule has 0 aliphatic carbocycles. The number of fused-ring (bicyclic) bond motifs is 25. The Bertz CT molecular complexity index is 11000. The molecule has 23 aromatic carbocycles. The van der Waals surface area contributed by atoms with Crippen LogP contribution in [0.15, 0.2) is 510 Å². The standard InChI is InChI=1S/C48H30N4.C46H28N4.C42H26N4/c1-2-12-31(13-3-1)32-22-24-33(25-23-32)47-48(50-42-19-9-8-18-41(42)49-47)52-45-27-26-36(30-40(45)39-28-34-14-4-5-15-35(34)29-46(39)52)51-43-20-10-6-16-37(43)38-17-7-11-21-44(38)51;1-2-12-30-25-33(22-21-29(30)11-1)45-46(48-40-18-8-7-17-39(40)47-45)50-43-24-23-34(28-38(43)37-26-31-13-3-4-14-32(31)27-44(37)50)49-41-19-9-5-15-35(41)36-16-6-10-20-42(36)49;1-2-12-27(13-3-1)41-42(44-36-19-9-8-18-35(36)43-41)46-39-23-22-30(26-34(39)33-24-28-14-4-5-15-29(28)25-40(33)46)45-37-20-10-6-16-31(37)32-17-7-11-21-38(32)45/h1-30H;1-28H;1-26H. The first-order valence-electron chi connectivity index (χ1n) is 50.3. The topological polar surface area (TPSA) is 107 Å². The zero-order valence-corrected chi connectivity index (χ0v) is 79.9. The minimum Gasteiger partial charge on any atom is -0.309 e. The van der Waals surface area contributed by atoms with E-state index in [4.69, 9.17) is 29.9 Å². The van der Waals surface area contributed by atoms with E-state index >= 15 is 0 Å². The van der Waals surface area contributed by atoms with Crippen molar-refractivity contribution in [3.8, 4) is 79.4 Å². The smallest absolute Gasteiger partial charge is 0.165 e. The quantitative estimate of drug-likeness (QED) is 0.135. The molecule has 0 aliphatic rings. The summed E-state index contributed by atoms with van der Waals surface area (Å²) in [5, 5.41) is 24.1. The molecule has 0 amide bonds. The van der Waals surface area contributed by atoms with Crippen LogP contribution in [0.3, 0.4) is 0 Å². The first kappa shape index (κ1) is 83.7. The Morgan fingerprint density at radius 3 is 0.655 bits per heavy atom. The summed E-state index contributed by atoms with van der Waals surface area (Å²) in [6, 6.07) is 182. The van der Waals surface area contributed by atoms with Gasteiger partial charge in [-0.1, -0.05) is 340 Å². The average molecular weight is 1890 g/mol. The van der Waals surface area contributed by atoms with Gasteiger partial charge in [0, 0.05) is 98.4 Å². The van der Waals surface area contributed by atoms with Crippen molar-refractivity contribution in [2.75, 3.05) is 0 Å². The molecule has 148 heavy (non-hydrogen) atoms. The van der Waals surface area contributed by atoms with Crippen molar-refractivity contribution in [3.63, 3.8) is 0 Å². The summed E-state index contributed by atoms with van der Waals surface area (Å²) >= 11 is 0. The second-order valence-corrected chi connectivity index (χ2v) is 38.4. The molecule has 32 aromatic rings. The molecule has 9 aromatic heterocycles. The maximum absolute atomic E-state index is 5.40. The van der Waals surface area contributed by atoms with Crippen LogP contribution in [0.1, 0.15) is 0 Å². The number of hydrogen-bond acceptors (Lipinski definition) is 6. The molecule has 0 N–H and O–H groups in total. The summed E-state index contributed by atoms with van der Waals surface area (Å²) < 4.78 is 14.1. The number of para-hydroxylation sites is 12. The molecule has 0 bridgehead atoms.